The van der Waals surface area contributed by atoms with E-state index in [2.05, 4.69) is 11.6 Å². The topological polar surface area (TPSA) is 75.6 Å². The highest BCUT2D eigenvalue weighted by Gasteiger charge is 2.13. The van der Waals surface area contributed by atoms with E-state index < -0.39 is 10.0 Å². The first-order chi connectivity index (χ1) is 9.49. The number of hydrogen-bond acceptors (Lipinski definition) is 5. The molecule has 0 aromatic heterocycles. The fourth-order valence-electron chi connectivity index (χ4n) is 1.48. The van der Waals surface area contributed by atoms with Crippen molar-refractivity contribution in [3.8, 4) is 5.75 Å². The Morgan fingerprint density at radius 2 is 2.00 bits per heavy atom. The predicted molar refractivity (Wildman–Crippen MR) is 81.8 cm³/mol. The van der Waals surface area contributed by atoms with Gasteiger partial charge in [-0.1, -0.05) is 6.92 Å². The van der Waals surface area contributed by atoms with Crippen LogP contribution in [0.4, 0.5) is 0 Å². The van der Waals surface area contributed by atoms with Gasteiger partial charge >= 0.3 is 0 Å². The Hall–Kier alpha value is -0.760. The van der Waals surface area contributed by atoms with Gasteiger partial charge in [0.25, 0.3) is 0 Å². The Balaban J connectivity index is 2.58. The first kappa shape index (κ1) is 17.3. The fourth-order valence-corrected chi connectivity index (χ4v) is 2.88. The molecule has 0 saturated carbocycles. The maximum absolute atomic E-state index is 12.0. The highest BCUT2D eigenvalue weighted by Crippen LogP contribution is 2.16. The van der Waals surface area contributed by atoms with Crippen LogP contribution in [0.25, 0.3) is 0 Å². The summed E-state index contributed by atoms with van der Waals surface area (Å²) in [6.07, 6.45) is 2.79. The average Bonchev–Trinajstić information content (AvgIpc) is 2.45. The number of hydrogen-bond donors (Lipinski definition) is 2. The van der Waals surface area contributed by atoms with Crippen LogP contribution in [0.2, 0.25) is 0 Å². The van der Waals surface area contributed by atoms with E-state index in [-0.39, 0.29) is 18.1 Å². The molecule has 2 N–H and O–H groups in total. The summed E-state index contributed by atoms with van der Waals surface area (Å²) in [6.45, 7) is 2.60. The van der Waals surface area contributed by atoms with Crippen LogP contribution >= 0.6 is 11.8 Å². The van der Waals surface area contributed by atoms with Crippen LogP contribution in [-0.4, -0.2) is 44.8 Å². The molecule has 0 amide bonds. The second kappa shape index (κ2) is 8.51. The molecular weight excluding hydrogens is 298 g/mol. The molecule has 0 saturated heterocycles. The third-order valence-corrected chi connectivity index (χ3v) is 5.26. The van der Waals surface area contributed by atoms with Crippen LogP contribution in [-0.2, 0) is 10.0 Å². The number of benzene rings is 1. The lowest BCUT2D eigenvalue weighted by molar-refractivity contribution is 0.201. The number of aliphatic hydroxyl groups excluding tert-OH is 1. The summed E-state index contributed by atoms with van der Waals surface area (Å²) in [6, 6.07) is 6.14. The summed E-state index contributed by atoms with van der Waals surface area (Å²) in [5.41, 5.74) is 0. The van der Waals surface area contributed by atoms with Crippen molar-refractivity contribution in [3.05, 3.63) is 24.3 Å². The zero-order valence-corrected chi connectivity index (χ0v) is 13.3. The lowest BCUT2D eigenvalue weighted by Gasteiger charge is -2.10. The van der Waals surface area contributed by atoms with Crippen molar-refractivity contribution in [2.24, 2.45) is 0 Å². The van der Waals surface area contributed by atoms with Crippen LogP contribution in [0.5, 0.6) is 5.75 Å². The minimum Gasteiger partial charge on any atom is -0.491 e. The molecule has 0 aliphatic heterocycles. The molecule has 0 fully saturated rings. The Bertz CT molecular complexity index is 488. The number of rotatable bonds is 9. The van der Waals surface area contributed by atoms with Gasteiger partial charge < -0.3 is 9.84 Å². The molecule has 7 heteroatoms. The fraction of sp³-hybridized carbons (Fsp3) is 0.538. The zero-order valence-electron chi connectivity index (χ0n) is 11.7. The van der Waals surface area contributed by atoms with E-state index in [0.717, 1.165) is 6.42 Å². The van der Waals surface area contributed by atoms with Gasteiger partial charge in [-0.3, -0.25) is 0 Å². The van der Waals surface area contributed by atoms with Gasteiger partial charge in [0.05, 0.1) is 11.5 Å². The molecule has 0 heterocycles. The van der Waals surface area contributed by atoms with Crippen molar-refractivity contribution in [2.75, 3.05) is 26.0 Å². The number of thioether (sulfide) groups is 1. The minimum absolute atomic E-state index is 0.0742. The number of ether oxygens (including phenoxy) is 1. The van der Waals surface area contributed by atoms with Gasteiger partial charge in [-0.25, -0.2) is 13.1 Å². The zero-order chi connectivity index (χ0) is 15.0. The van der Waals surface area contributed by atoms with E-state index >= 15 is 0 Å². The summed E-state index contributed by atoms with van der Waals surface area (Å²) < 4.78 is 31.8. The molecule has 20 heavy (non-hydrogen) atoms. The third-order valence-electron chi connectivity index (χ3n) is 2.74. The van der Waals surface area contributed by atoms with Gasteiger partial charge in [0.15, 0.2) is 0 Å². The molecule has 1 unspecified atom stereocenters. The van der Waals surface area contributed by atoms with E-state index in [0.29, 0.717) is 17.5 Å². The highest BCUT2D eigenvalue weighted by atomic mass is 32.2. The molecule has 5 nitrogen and oxygen atoms in total. The first-order valence-corrected chi connectivity index (χ1v) is 9.13. The normalized spacial score (nSPS) is 13.2. The molecule has 0 radical (unpaired) electrons. The maximum atomic E-state index is 12.0. The monoisotopic (exact) mass is 319 g/mol. The summed E-state index contributed by atoms with van der Waals surface area (Å²) in [4.78, 5) is 0.214. The van der Waals surface area contributed by atoms with Crippen molar-refractivity contribution in [3.63, 3.8) is 0 Å². The molecule has 1 aromatic rings. The quantitative estimate of drug-likeness (QED) is 0.721. The molecule has 1 aromatic carbocycles. The lowest BCUT2D eigenvalue weighted by Crippen LogP contribution is -2.26. The Morgan fingerprint density at radius 3 is 2.55 bits per heavy atom. The standard InChI is InChI=1S/C13H21NO4S2/c1-11(19-2)7-8-14-20(16,17)13-5-3-12(4-6-13)18-10-9-15/h3-6,11,14-15H,7-10H2,1-2H3. The van der Waals surface area contributed by atoms with Gasteiger partial charge in [-0.2, -0.15) is 11.8 Å². The predicted octanol–water partition coefficient (Wildman–Crippen LogP) is 1.48. The van der Waals surface area contributed by atoms with Gasteiger partial charge in [0.2, 0.25) is 10.0 Å². The van der Waals surface area contributed by atoms with E-state index in [9.17, 15) is 8.42 Å². The number of aliphatic hydroxyl groups is 1. The van der Waals surface area contributed by atoms with Gasteiger partial charge in [0, 0.05) is 11.8 Å². The molecule has 0 aliphatic rings. The Labute approximate surface area is 124 Å². The summed E-state index contributed by atoms with van der Waals surface area (Å²) in [7, 11) is -3.47. The number of nitrogens with one attached hydrogen (secondary N) is 1. The summed E-state index contributed by atoms with van der Waals surface area (Å²) >= 11 is 1.71. The molecule has 0 aliphatic carbocycles. The Morgan fingerprint density at radius 1 is 1.35 bits per heavy atom. The molecule has 0 spiro atoms. The molecule has 114 valence electrons. The first-order valence-electron chi connectivity index (χ1n) is 6.36. The molecular formula is C13H21NO4S2. The second-order valence-corrected chi connectivity index (χ2v) is 7.32. The van der Waals surface area contributed by atoms with Gasteiger partial charge in [-0.15, -0.1) is 0 Å². The van der Waals surface area contributed by atoms with Crippen LogP contribution in [0.15, 0.2) is 29.2 Å². The van der Waals surface area contributed by atoms with E-state index in [1.807, 2.05) is 6.26 Å². The smallest absolute Gasteiger partial charge is 0.240 e. The second-order valence-electron chi connectivity index (χ2n) is 4.28. The largest absolute Gasteiger partial charge is 0.491 e. The average molecular weight is 319 g/mol. The van der Waals surface area contributed by atoms with E-state index in [4.69, 9.17) is 9.84 Å². The third kappa shape index (κ3) is 5.70. The van der Waals surface area contributed by atoms with Crippen molar-refractivity contribution in [2.45, 2.75) is 23.5 Å². The summed E-state index contributed by atoms with van der Waals surface area (Å²) in [5, 5.41) is 9.06. The van der Waals surface area contributed by atoms with Crippen molar-refractivity contribution >= 4 is 21.8 Å². The Kier molecular flexibility index (Phi) is 7.36. The minimum atomic E-state index is -3.47. The summed E-state index contributed by atoms with van der Waals surface area (Å²) in [5.74, 6) is 0.536. The maximum Gasteiger partial charge on any atom is 0.240 e. The lowest BCUT2D eigenvalue weighted by atomic mass is 10.3. The SMILES string of the molecule is CSC(C)CCNS(=O)(=O)c1ccc(OCCO)cc1. The highest BCUT2D eigenvalue weighted by molar-refractivity contribution is 7.99. The van der Waals surface area contributed by atoms with Crippen molar-refractivity contribution < 1.29 is 18.3 Å². The van der Waals surface area contributed by atoms with Crippen LogP contribution in [0, 0.1) is 0 Å². The van der Waals surface area contributed by atoms with Gasteiger partial charge in [0.1, 0.15) is 12.4 Å². The van der Waals surface area contributed by atoms with E-state index in [1.165, 1.54) is 12.1 Å². The molecule has 1 rings (SSSR count). The van der Waals surface area contributed by atoms with Crippen molar-refractivity contribution in [1.29, 1.82) is 0 Å². The van der Waals surface area contributed by atoms with Crippen LogP contribution < -0.4 is 9.46 Å². The molecule has 1 atom stereocenters. The van der Waals surface area contributed by atoms with Crippen LogP contribution in [0.1, 0.15) is 13.3 Å². The molecule has 0 bridgehead atoms. The van der Waals surface area contributed by atoms with Gasteiger partial charge in [-0.05, 0) is 36.9 Å². The van der Waals surface area contributed by atoms with Crippen molar-refractivity contribution in [1.82, 2.24) is 4.72 Å². The van der Waals surface area contributed by atoms with E-state index in [1.54, 1.807) is 23.9 Å². The van der Waals surface area contributed by atoms with Crippen LogP contribution in [0.3, 0.4) is 0 Å². The number of sulfonamides is 1.